The van der Waals surface area contributed by atoms with Gasteiger partial charge in [0.15, 0.2) is 0 Å². The molecule has 7 nitrogen and oxygen atoms in total. The van der Waals surface area contributed by atoms with Gasteiger partial charge >= 0.3 is 0 Å². The van der Waals surface area contributed by atoms with Gasteiger partial charge in [-0.3, -0.25) is 9.79 Å². The van der Waals surface area contributed by atoms with Crippen molar-refractivity contribution in [2.24, 2.45) is 15.8 Å². The summed E-state index contributed by atoms with van der Waals surface area (Å²) >= 11 is 5.87. The summed E-state index contributed by atoms with van der Waals surface area (Å²) in [5, 5.41) is 3.30. The zero-order valence-electron chi connectivity index (χ0n) is 23.3. The molecule has 2 atom stereocenters. The van der Waals surface area contributed by atoms with E-state index in [2.05, 4.69) is 5.32 Å². The van der Waals surface area contributed by atoms with Crippen LogP contribution in [0.4, 0.5) is 13.2 Å². The third-order valence-electron chi connectivity index (χ3n) is 10.2. The number of nitrogens with one attached hydrogen (secondary N) is 1. The maximum Gasteiger partial charge on any atom is 0.256 e. The van der Waals surface area contributed by atoms with Crippen LogP contribution in [0.5, 0.6) is 0 Å². The molecule has 5 fully saturated rings. The Morgan fingerprint density at radius 2 is 1.79 bits per heavy atom. The van der Waals surface area contributed by atoms with Gasteiger partial charge in [0.1, 0.15) is 17.7 Å². The van der Waals surface area contributed by atoms with E-state index in [4.69, 9.17) is 16.6 Å². The van der Waals surface area contributed by atoms with Gasteiger partial charge < -0.3 is 10.2 Å². The van der Waals surface area contributed by atoms with Gasteiger partial charge in [-0.2, -0.15) is 4.31 Å². The van der Waals surface area contributed by atoms with E-state index in [-0.39, 0.29) is 35.3 Å². The summed E-state index contributed by atoms with van der Waals surface area (Å²) in [5.74, 6) is -2.87. The summed E-state index contributed by atoms with van der Waals surface area (Å²) in [7, 11) is -3.93. The zero-order chi connectivity index (χ0) is 29.9. The van der Waals surface area contributed by atoms with Crippen LogP contribution in [0.2, 0.25) is 5.02 Å². The van der Waals surface area contributed by atoms with Crippen LogP contribution in [-0.2, 0) is 21.4 Å². The summed E-state index contributed by atoms with van der Waals surface area (Å²) in [4.78, 5) is 20.1. The quantitative estimate of drug-likeness (QED) is 0.473. The van der Waals surface area contributed by atoms with E-state index < -0.39 is 49.7 Å². The molecule has 224 valence electrons. The van der Waals surface area contributed by atoms with Crippen LogP contribution in [0.3, 0.4) is 0 Å². The van der Waals surface area contributed by atoms with Crippen LogP contribution < -0.4 is 5.32 Å². The first-order chi connectivity index (χ1) is 19.6. The fourth-order valence-corrected chi connectivity index (χ4v) is 9.58. The van der Waals surface area contributed by atoms with Gasteiger partial charge in [-0.05, 0) is 69.4 Å². The second-order valence-electron chi connectivity index (χ2n) is 13.5. The van der Waals surface area contributed by atoms with Crippen molar-refractivity contribution in [1.82, 2.24) is 14.5 Å². The first-order valence-electron chi connectivity index (χ1n) is 14.2. The fraction of sp³-hybridized carbons (Fsp3) is 0.533. The monoisotopic (exact) mass is 620 g/mol. The van der Waals surface area contributed by atoms with E-state index in [1.807, 2.05) is 13.8 Å². The second kappa shape index (κ2) is 8.72. The molecule has 6 aliphatic rings. The number of rotatable bonds is 7. The molecule has 1 amide bonds. The van der Waals surface area contributed by atoms with Crippen LogP contribution in [0.15, 0.2) is 58.4 Å². The predicted octanol–water partition coefficient (Wildman–Crippen LogP) is 5.00. The number of alkyl halides is 2. The van der Waals surface area contributed by atoms with Gasteiger partial charge in [0.2, 0.25) is 15.9 Å². The molecule has 0 radical (unpaired) electrons. The lowest BCUT2D eigenvalue weighted by Crippen LogP contribution is -2.78. The van der Waals surface area contributed by atoms with Crippen LogP contribution in [0, 0.1) is 16.6 Å². The van der Waals surface area contributed by atoms with Crippen LogP contribution in [0.1, 0.15) is 51.5 Å². The van der Waals surface area contributed by atoms with Crippen molar-refractivity contribution in [3.63, 3.8) is 0 Å². The Morgan fingerprint density at radius 1 is 1.12 bits per heavy atom. The zero-order valence-corrected chi connectivity index (χ0v) is 24.9. The highest BCUT2D eigenvalue weighted by Gasteiger charge is 2.76. The van der Waals surface area contributed by atoms with Crippen molar-refractivity contribution < 1.29 is 26.4 Å². The second-order valence-corrected chi connectivity index (χ2v) is 15.7. The molecule has 2 bridgehead atoms. The molecule has 2 aromatic carbocycles. The molecule has 42 heavy (non-hydrogen) atoms. The Labute approximate surface area is 248 Å². The molecular weight excluding hydrogens is 589 g/mol. The SMILES string of the molecule is CC1(C)N=C(C23CC(N(Cc4ccc(Cl)c(F)c4)S(=O)(=O)c4ccccc4)(C2)C3)N[C@H]1C(=O)N1CCC2(C1)CC2(F)F. The fourth-order valence-electron chi connectivity index (χ4n) is 7.68. The highest BCUT2D eigenvalue weighted by molar-refractivity contribution is 7.89. The molecule has 12 heteroatoms. The molecule has 4 aliphatic carbocycles. The first-order valence-corrected chi connectivity index (χ1v) is 16.0. The van der Waals surface area contributed by atoms with Crippen LogP contribution in [0.25, 0.3) is 0 Å². The van der Waals surface area contributed by atoms with E-state index >= 15 is 0 Å². The molecule has 8 rings (SSSR count). The van der Waals surface area contributed by atoms with Crippen molar-refractivity contribution in [2.75, 3.05) is 13.1 Å². The van der Waals surface area contributed by atoms with Gasteiger partial charge in [0.05, 0.1) is 20.9 Å². The lowest BCUT2D eigenvalue weighted by atomic mass is 9.38. The van der Waals surface area contributed by atoms with Gasteiger partial charge in [-0.1, -0.05) is 35.9 Å². The Hall–Kier alpha value is -2.63. The van der Waals surface area contributed by atoms with Gasteiger partial charge in [-0.15, -0.1) is 0 Å². The molecule has 1 N–H and O–H groups in total. The largest absolute Gasteiger partial charge is 0.360 e. The van der Waals surface area contributed by atoms with Crippen molar-refractivity contribution in [3.8, 4) is 0 Å². The smallest absolute Gasteiger partial charge is 0.256 e. The molecule has 2 heterocycles. The number of sulfonamides is 1. The molecular formula is C30H32ClF3N4O3S. The van der Waals surface area contributed by atoms with Crippen LogP contribution >= 0.6 is 11.6 Å². The van der Waals surface area contributed by atoms with Crippen molar-refractivity contribution in [1.29, 1.82) is 0 Å². The first kappa shape index (κ1) is 28.2. The molecule has 1 saturated heterocycles. The Morgan fingerprint density at radius 3 is 2.38 bits per heavy atom. The lowest BCUT2D eigenvalue weighted by molar-refractivity contribution is -0.151. The average Bonchev–Trinajstić information content (AvgIpc) is 3.16. The van der Waals surface area contributed by atoms with Gasteiger partial charge in [-0.25, -0.2) is 21.6 Å². The number of carbonyl (C=O) groups excluding carboxylic acids is 1. The summed E-state index contributed by atoms with van der Waals surface area (Å²) in [6.07, 6.45) is 1.66. The van der Waals surface area contributed by atoms with E-state index in [1.54, 1.807) is 41.3 Å². The number of amidine groups is 1. The number of amides is 1. The lowest BCUT2D eigenvalue weighted by Gasteiger charge is -2.72. The number of hydrogen-bond acceptors (Lipinski definition) is 5. The number of halogens is 4. The number of benzene rings is 2. The number of nitrogens with zero attached hydrogens (tertiary/aromatic N) is 3. The van der Waals surface area contributed by atoms with E-state index in [9.17, 15) is 26.4 Å². The number of likely N-dealkylation sites (tertiary alicyclic amines) is 1. The number of carbonyl (C=O) groups is 1. The van der Waals surface area contributed by atoms with Crippen LogP contribution in [-0.4, -0.2) is 65.5 Å². The highest BCUT2D eigenvalue weighted by atomic mass is 35.5. The van der Waals surface area contributed by atoms with Gasteiger partial charge in [0.25, 0.3) is 5.92 Å². The standard InChI is InChI=1S/C30H32ClF3N4O3S/c1-26(2)23(24(39)37-11-10-28(18-37)17-30(28,33)34)35-25(36-26)27-14-29(15-27,16-27)38(13-19-8-9-21(31)22(32)12-19)42(40,41)20-6-4-3-5-7-20/h3-9,12,23H,10-11,13-18H2,1-2H3,(H,35,36)/t23-,27?,28?,29?/m0/s1. The molecule has 4 saturated carbocycles. The summed E-state index contributed by atoms with van der Waals surface area (Å²) < 4.78 is 71.5. The van der Waals surface area contributed by atoms with E-state index in [0.29, 0.717) is 43.6 Å². The minimum Gasteiger partial charge on any atom is -0.360 e. The molecule has 1 spiro atoms. The normalized spacial score (nSPS) is 33.6. The maximum atomic E-state index is 14.3. The van der Waals surface area contributed by atoms with Crippen molar-refractivity contribution in [2.45, 2.75) is 80.4 Å². The Bertz CT molecular complexity index is 1610. The molecule has 2 aliphatic heterocycles. The number of aliphatic imine (C=N–C) groups is 1. The third-order valence-corrected chi connectivity index (χ3v) is 12.5. The summed E-state index contributed by atoms with van der Waals surface area (Å²) in [6, 6.07) is 11.8. The third kappa shape index (κ3) is 3.99. The molecule has 0 aromatic heterocycles. The van der Waals surface area contributed by atoms with E-state index in [0.717, 1.165) is 0 Å². The van der Waals surface area contributed by atoms with E-state index in [1.165, 1.54) is 16.4 Å². The summed E-state index contributed by atoms with van der Waals surface area (Å²) in [5.41, 5.74) is -2.45. The average molecular weight is 621 g/mol. The summed E-state index contributed by atoms with van der Waals surface area (Å²) in [6.45, 7) is 4.07. The van der Waals surface area contributed by atoms with Crippen molar-refractivity contribution in [3.05, 3.63) is 64.9 Å². The number of hydrogen-bond donors (Lipinski definition) is 1. The highest BCUT2D eigenvalue weighted by Crippen LogP contribution is 2.71. The minimum atomic E-state index is -3.93. The van der Waals surface area contributed by atoms with Crippen molar-refractivity contribution >= 4 is 33.4 Å². The molecule has 2 aromatic rings. The Balaban J connectivity index is 1.11. The topological polar surface area (TPSA) is 82.1 Å². The Kier molecular flexibility index (Phi) is 5.85. The predicted molar refractivity (Wildman–Crippen MR) is 151 cm³/mol. The van der Waals surface area contributed by atoms with Gasteiger partial charge in [0, 0.05) is 37.0 Å². The molecule has 1 unspecified atom stereocenters. The minimum absolute atomic E-state index is 0.0186. The maximum absolute atomic E-state index is 14.3.